The lowest BCUT2D eigenvalue weighted by Crippen LogP contribution is -2.36. The number of aliphatic hydroxyl groups is 1. The van der Waals surface area contributed by atoms with Crippen LogP contribution in [0.1, 0.15) is 58.1 Å². The fraction of sp³-hybridized carbons (Fsp3) is 0.667. The quantitative estimate of drug-likeness (QED) is 0.756. The second kappa shape index (κ2) is 7.80. The molecule has 114 valence electrons. The van der Waals surface area contributed by atoms with Gasteiger partial charge in [0.15, 0.2) is 0 Å². The fourth-order valence-corrected chi connectivity index (χ4v) is 2.55. The number of hydrogen-bond acceptors (Lipinski definition) is 2. The van der Waals surface area contributed by atoms with Gasteiger partial charge >= 0.3 is 0 Å². The van der Waals surface area contributed by atoms with Crippen LogP contribution in [0.15, 0.2) is 24.3 Å². The number of benzene rings is 1. The van der Waals surface area contributed by atoms with E-state index >= 15 is 0 Å². The molecule has 0 amide bonds. The summed E-state index contributed by atoms with van der Waals surface area (Å²) in [6.45, 7) is 10.4. The standard InChI is InChI=1S/C18H31NO/c1-14-8-10-17(11-9-14)13-16(3)19-15(2)7-6-12-18(4,5)20/h8-11,15-16,19-20H,6-7,12-13H2,1-5H3/t15-,16+/m0/s1. The van der Waals surface area contributed by atoms with Crippen LogP contribution in [0.5, 0.6) is 0 Å². The van der Waals surface area contributed by atoms with Gasteiger partial charge in [0.1, 0.15) is 0 Å². The molecule has 0 unspecified atom stereocenters. The second-order valence-electron chi connectivity index (χ2n) is 6.86. The monoisotopic (exact) mass is 277 g/mol. The van der Waals surface area contributed by atoms with E-state index < -0.39 is 5.60 Å². The van der Waals surface area contributed by atoms with Crippen molar-refractivity contribution >= 4 is 0 Å². The zero-order valence-corrected chi connectivity index (χ0v) is 13.7. The number of aryl methyl sites for hydroxylation is 1. The highest BCUT2D eigenvalue weighted by Crippen LogP contribution is 2.14. The van der Waals surface area contributed by atoms with Crippen molar-refractivity contribution in [1.29, 1.82) is 0 Å². The Balaban J connectivity index is 2.27. The first-order valence-corrected chi connectivity index (χ1v) is 7.80. The predicted molar refractivity (Wildman–Crippen MR) is 87.1 cm³/mol. The van der Waals surface area contributed by atoms with Crippen LogP contribution in [0, 0.1) is 6.92 Å². The van der Waals surface area contributed by atoms with Gasteiger partial charge in [0.05, 0.1) is 5.60 Å². The van der Waals surface area contributed by atoms with E-state index in [9.17, 15) is 5.11 Å². The maximum Gasteiger partial charge on any atom is 0.0591 e. The molecule has 0 radical (unpaired) electrons. The van der Waals surface area contributed by atoms with Crippen LogP contribution in [0.25, 0.3) is 0 Å². The van der Waals surface area contributed by atoms with Gasteiger partial charge in [-0.25, -0.2) is 0 Å². The first-order chi connectivity index (χ1) is 9.26. The molecule has 0 saturated carbocycles. The first-order valence-electron chi connectivity index (χ1n) is 7.80. The van der Waals surface area contributed by atoms with Gasteiger partial charge in [-0.3, -0.25) is 0 Å². The fourth-order valence-electron chi connectivity index (χ4n) is 2.55. The lowest BCUT2D eigenvalue weighted by atomic mass is 9.99. The summed E-state index contributed by atoms with van der Waals surface area (Å²) in [5.41, 5.74) is 2.17. The lowest BCUT2D eigenvalue weighted by molar-refractivity contribution is 0.0674. The molecule has 0 heterocycles. The number of hydrogen-bond donors (Lipinski definition) is 2. The zero-order valence-electron chi connectivity index (χ0n) is 13.7. The third-order valence-corrected chi connectivity index (χ3v) is 3.66. The van der Waals surface area contributed by atoms with E-state index in [1.165, 1.54) is 11.1 Å². The topological polar surface area (TPSA) is 32.3 Å². The van der Waals surface area contributed by atoms with Crippen LogP contribution in [0.3, 0.4) is 0 Å². The van der Waals surface area contributed by atoms with Gasteiger partial charge in [0, 0.05) is 12.1 Å². The van der Waals surface area contributed by atoms with Gasteiger partial charge in [-0.15, -0.1) is 0 Å². The zero-order chi connectivity index (χ0) is 15.2. The highest BCUT2D eigenvalue weighted by Gasteiger charge is 2.13. The maximum atomic E-state index is 9.71. The minimum absolute atomic E-state index is 0.481. The molecule has 0 aliphatic heterocycles. The first kappa shape index (κ1) is 17.2. The van der Waals surface area contributed by atoms with Gasteiger partial charge < -0.3 is 10.4 Å². The number of rotatable bonds is 8. The molecular weight excluding hydrogens is 246 g/mol. The summed E-state index contributed by atoms with van der Waals surface area (Å²) in [6.07, 6.45) is 4.11. The van der Waals surface area contributed by atoms with E-state index in [0.717, 1.165) is 25.7 Å². The molecule has 0 aromatic heterocycles. The highest BCUT2D eigenvalue weighted by molar-refractivity contribution is 5.21. The Morgan fingerprint density at radius 1 is 1.10 bits per heavy atom. The summed E-state index contributed by atoms with van der Waals surface area (Å²) in [5, 5.41) is 13.4. The van der Waals surface area contributed by atoms with E-state index in [4.69, 9.17) is 0 Å². The Morgan fingerprint density at radius 2 is 1.70 bits per heavy atom. The molecule has 1 aromatic carbocycles. The van der Waals surface area contributed by atoms with Crippen molar-refractivity contribution in [3.63, 3.8) is 0 Å². The van der Waals surface area contributed by atoms with E-state index in [2.05, 4.69) is 50.4 Å². The molecular formula is C18H31NO. The van der Waals surface area contributed by atoms with Gasteiger partial charge in [-0.05, 0) is 65.9 Å². The summed E-state index contributed by atoms with van der Waals surface area (Å²) in [4.78, 5) is 0. The Bertz CT molecular complexity index is 377. The van der Waals surface area contributed by atoms with Crippen molar-refractivity contribution in [2.45, 2.75) is 78.0 Å². The molecule has 0 aliphatic carbocycles. The molecule has 0 aliphatic rings. The Kier molecular flexibility index (Phi) is 6.70. The molecule has 0 spiro atoms. The molecule has 1 rings (SSSR count). The van der Waals surface area contributed by atoms with Crippen molar-refractivity contribution in [3.05, 3.63) is 35.4 Å². The van der Waals surface area contributed by atoms with Crippen molar-refractivity contribution in [2.75, 3.05) is 0 Å². The second-order valence-corrected chi connectivity index (χ2v) is 6.86. The third-order valence-electron chi connectivity index (χ3n) is 3.66. The van der Waals surface area contributed by atoms with Gasteiger partial charge in [-0.1, -0.05) is 29.8 Å². The van der Waals surface area contributed by atoms with E-state index in [1.54, 1.807) is 0 Å². The van der Waals surface area contributed by atoms with Crippen molar-refractivity contribution < 1.29 is 5.11 Å². The van der Waals surface area contributed by atoms with Crippen molar-refractivity contribution in [1.82, 2.24) is 5.32 Å². The largest absolute Gasteiger partial charge is 0.390 e. The summed E-state index contributed by atoms with van der Waals surface area (Å²) in [6, 6.07) is 9.76. The molecule has 2 atom stereocenters. The molecule has 2 N–H and O–H groups in total. The minimum Gasteiger partial charge on any atom is -0.390 e. The SMILES string of the molecule is Cc1ccc(C[C@@H](C)N[C@@H](C)CCCC(C)(C)O)cc1. The third kappa shape index (κ3) is 7.66. The molecule has 0 fully saturated rings. The molecule has 0 bridgehead atoms. The summed E-state index contributed by atoms with van der Waals surface area (Å²) in [5.74, 6) is 0. The molecule has 0 saturated heterocycles. The summed E-state index contributed by atoms with van der Waals surface area (Å²) < 4.78 is 0. The number of nitrogens with one attached hydrogen (secondary N) is 1. The maximum absolute atomic E-state index is 9.71. The normalized spacial score (nSPS) is 15.1. The van der Waals surface area contributed by atoms with Gasteiger partial charge in [-0.2, -0.15) is 0 Å². The van der Waals surface area contributed by atoms with Crippen LogP contribution >= 0.6 is 0 Å². The van der Waals surface area contributed by atoms with Crippen LogP contribution in [0.4, 0.5) is 0 Å². The summed E-state index contributed by atoms with van der Waals surface area (Å²) in [7, 11) is 0. The molecule has 20 heavy (non-hydrogen) atoms. The average molecular weight is 277 g/mol. The average Bonchev–Trinajstić information content (AvgIpc) is 2.30. The molecule has 1 aromatic rings. The van der Waals surface area contributed by atoms with E-state index in [0.29, 0.717) is 12.1 Å². The van der Waals surface area contributed by atoms with E-state index in [-0.39, 0.29) is 0 Å². The Hall–Kier alpha value is -0.860. The van der Waals surface area contributed by atoms with Gasteiger partial charge in [0.2, 0.25) is 0 Å². The van der Waals surface area contributed by atoms with E-state index in [1.807, 2.05) is 13.8 Å². The van der Waals surface area contributed by atoms with Crippen LogP contribution in [-0.2, 0) is 6.42 Å². The Morgan fingerprint density at radius 3 is 2.25 bits per heavy atom. The van der Waals surface area contributed by atoms with Crippen molar-refractivity contribution in [2.24, 2.45) is 0 Å². The molecule has 2 nitrogen and oxygen atoms in total. The smallest absolute Gasteiger partial charge is 0.0591 e. The highest BCUT2D eigenvalue weighted by atomic mass is 16.3. The van der Waals surface area contributed by atoms with Crippen LogP contribution in [0.2, 0.25) is 0 Å². The predicted octanol–water partition coefficient (Wildman–Crippen LogP) is 3.85. The van der Waals surface area contributed by atoms with Crippen molar-refractivity contribution in [3.8, 4) is 0 Å². The molecule has 2 heteroatoms. The van der Waals surface area contributed by atoms with Crippen LogP contribution in [-0.4, -0.2) is 22.8 Å². The Labute approximate surface area is 124 Å². The van der Waals surface area contributed by atoms with Crippen LogP contribution < -0.4 is 5.32 Å². The van der Waals surface area contributed by atoms with Gasteiger partial charge in [0.25, 0.3) is 0 Å². The minimum atomic E-state index is -0.534. The summed E-state index contributed by atoms with van der Waals surface area (Å²) >= 11 is 0. The lowest BCUT2D eigenvalue weighted by Gasteiger charge is -2.22.